The minimum Gasteiger partial charge on any atom is -0.411 e. The van der Waals surface area contributed by atoms with Crippen molar-refractivity contribution in [2.24, 2.45) is 16.8 Å². The Morgan fingerprint density at radius 3 is 1.52 bits per heavy atom. The van der Waals surface area contributed by atoms with Gasteiger partial charge in [0.2, 0.25) is 0 Å². The number of fused-ring (bicyclic) bond motifs is 1. The summed E-state index contributed by atoms with van der Waals surface area (Å²) in [4.78, 5) is 10.2. The third-order valence-electron chi connectivity index (χ3n) is 5.85. The third kappa shape index (κ3) is 19.9. The second-order valence-electron chi connectivity index (χ2n) is 8.41. The first-order chi connectivity index (χ1) is 15.0. The Morgan fingerprint density at radius 1 is 0.939 bits per heavy atom. The Hall–Kier alpha value is -0.0700. The van der Waals surface area contributed by atoms with Gasteiger partial charge in [-0.25, -0.2) is 5.90 Å². The molecule has 8 nitrogen and oxygen atoms in total. The van der Waals surface area contributed by atoms with Gasteiger partial charge in [0.25, 0.3) is 0 Å². The predicted molar refractivity (Wildman–Crippen MR) is 147 cm³/mol. The molecule has 33 heavy (non-hydrogen) atoms. The first kappa shape index (κ1) is 37.5. The lowest BCUT2D eigenvalue weighted by atomic mass is 10.3. The highest BCUT2D eigenvalue weighted by molar-refractivity contribution is 7.81. The number of carbonyl (C=O) groups is 1. The number of piperidine rings is 1. The van der Waals surface area contributed by atoms with Gasteiger partial charge >= 0.3 is 0 Å². The van der Waals surface area contributed by atoms with Crippen molar-refractivity contribution in [3.05, 3.63) is 0 Å². The summed E-state index contributed by atoms with van der Waals surface area (Å²) in [5.74, 6) is 3.95. The van der Waals surface area contributed by atoms with E-state index in [4.69, 9.17) is 21.3 Å². The van der Waals surface area contributed by atoms with Gasteiger partial charge in [-0.2, -0.15) is 26.1 Å². The van der Waals surface area contributed by atoms with Crippen LogP contribution in [0.4, 0.5) is 0 Å². The van der Waals surface area contributed by atoms with Crippen LogP contribution in [0.25, 0.3) is 0 Å². The zero-order valence-electron chi connectivity index (χ0n) is 20.1. The van der Waals surface area contributed by atoms with E-state index in [0.29, 0.717) is 17.1 Å². The number of Topliss-reactive ketones (excluding diaryl/α,β-unsaturated/α-hetero) is 1. The van der Waals surface area contributed by atoms with Crippen LogP contribution in [0.2, 0.25) is 0 Å². The van der Waals surface area contributed by atoms with Crippen molar-refractivity contribution in [2.75, 3.05) is 6.61 Å². The van der Waals surface area contributed by atoms with Gasteiger partial charge in [-0.05, 0) is 71.1 Å². The number of hydrogen-bond acceptors (Lipinski definition) is 9. The van der Waals surface area contributed by atoms with E-state index < -0.39 is 0 Å². The summed E-state index contributed by atoms with van der Waals surface area (Å²) in [5.41, 5.74) is 6.57. The highest BCUT2D eigenvalue weighted by Gasteiger charge is 2.39. The van der Waals surface area contributed by atoms with E-state index in [0.717, 1.165) is 56.3 Å². The summed E-state index contributed by atoms with van der Waals surface area (Å²) in [7, 11) is 0. The van der Waals surface area contributed by atoms with Crippen LogP contribution >= 0.6 is 38.5 Å². The lowest BCUT2D eigenvalue weighted by molar-refractivity contribution is -0.117. The molecule has 5 rings (SSSR count). The molecule has 200 valence electrons. The van der Waals surface area contributed by atoms with E-state index in [1.807, 2.05) is 0 Å². The number of halogens is 1. The smallest absolute Gasteiger partial charge is 0.132 e. The molecule has 0 aromatic heterocycles. The fraction of sp³-hybridized carbons (Fsp3) is 0.909. The van der Waals surface area contributed by atoms with Crippen LogP contribution in [0.3, 0.4) is 0 Å². The van der Waals surface area contributed by atoms with E-state index in [1.54, 1.807) is 6.92 Å². The van der Waals surface area contributed by atoms with Crippen LogP contribution in [0.5, 0.6) is 0 Å². The second-order valence-corrected chi connectivity index (χ2v) is 9.07. The van der Waals surface area contributed by atoms with Gasteiger partial charge < -0.3 is 26.6 Å². The first-order valence-corrected chi connectivity index (χ1v) is 12.3. The number of nitrogens with zero attached hydrogens (tertiary/aromatic N) is 1. The second kappa shape index (κ2) is 25.0. The highest BCUT2D eigenvalue weighted by atomic mass is 35.5. The Labute approximate surface area is 218 Å². The lowest BCUT2D eigenvalue weighted by Gasteiger charge is -2.04. The average Bonchev–Trinajstić information content (AvgIpc) is 3.36. The molecular weight excluding hydrogens is 484 g/mol. The molecule has 0 bridgehead atoms. The molecule has 1 aliphatic heterocycles. The van der Waals surface area contributed by atoms with Crippen molar-refractivity contribution in [3.63, 3.8) is 0 Å². The van der Waals surface area contributed by atoms with Crippen LogP contribution in [0.15, 0.2) is 5.16 Å². The van der Waals surface area contributed by atoms with Crippen molar-refractivity contribution < 1.29 is 20.3 Å². The monoisotopic (exact) mass is 532 g/mol. The molecule has 4 saturated carbocycles. The molecule has 4 atom stereocenters. The normalized spacial score (nSPS) is 27.5. The molecule has 4 unspecified atom stereocenters. The van der Waals surface area contributed by atoms with Crippen LogP contribution in [-0.4, -0.2) is 57.0 Å². The van der Waals surface area contributed by atoms with E-state index in [9.17, 15) is 4.79 Å². The topological polar surface area (TPSA) is 164 Å². The van der Waals surface area contributed by atoms with Gasteiger partial charge in [-0.1, -0.05) is 18.0 Å². The number of aliphatic hydroxyl groups is 1. The molecule has 8 N–H and O–H groups in total. The molecule has 11 heteroatoms. The van der Waals surface area contributed by atoms with Gasteiger partial charge in [0, 0.05) is 42.8 Å². The molecule has 1 saturated heterocycles. The fourth-order valence-electron chi connectivity index (χ4n) is 3.97. The van der Waals surface area contributed by atoms with Crippen LogP contribution in [-0.2, 0) is 4.79 Å². The maximum Gasteiger partial charge on any atom is 0.132 e. The SMILES string of the molecule is C1CC2NC2C1.CCO.Cl.NC1CCCC1S.NO.O=C1CCCC1.ON=C1CCCC1.S. The first-order valence-electron chi connectivity index (χ1n) is 11.8. The molecule has 4 aliphatic carbocycles. The molecule has 0 amide bonds. The largest absolute Gasteiger partial charge is 0.411 e. The average molecular weight is 533 g/mol. The number of aliphatic hydroxyl groups excluding tert-OH is 1. The van der Waals surface area contributed by atoms with E-state index in [-0.39, 0.29) is 32.5 Å². The van der Waals surface area contributed by atoms with Gasteiger partial charge in [0.05, 0.1) is 5.71 Å². The summed E-state index contributed by atoms with van der Waals surface area (Å²) in [6, 6.07) is 2.30. The van der Waals surface area contributed by atoms with E-state index in [1.165, 1.54) is 51.4 Å². The molecule has 0 aromatic carbocycles. The highest BCUT2D eigenvalue weighted by Crippen LogP contribution is 2.29. The van der Waals surface area contributed by atoms with E-state index in [2.05, 4.69) is 29.0 Å². The minimum atomic E-state index is 0. The summed E-state index contributed by atoms with van der Waals surface area (Å²) in [6.45, 7) is 1.93. The number of rotatable bonds is 0. The number of oxime groups is 1. The van der Waals surface area contributed by atoms with Crippen molar-refractivity contribution >= 4 is 50.0 Å². The predicted octanol–water partition coefficient (Wildman–Crippen LogP) is 3.69. The summed E-state index contributed by atoms with van der Waals surface area (Å²) in [6.07, 6.45) is 16.4. The molecule has 0 spiro atoms. The molecular formula is C22H49ClN4O4S2. The fourth-order valence-corrected chi connectivity index (χ4v) is 4.30. The minimum absolute atomic E-state index is 0. The Balaban J connectivity index is -0.000000336. The molecule has 0 radical (unpaired) electrons. The number of hydrogen-bond donors (Lipinski definition) is 7. The van der Waals surface area contributed by atoms with E-state index >= 15 is 0 Å². The van der Waals surface area contributed by atoms with Gasteiger partial charge in [0.15, 0.2) is 0 Å². The molecule has 0 aromatic rings. The Kier molecular flexibility index (Phi) is 28.4. The van der Waals surface area contributed by atoms with Gasteiger partial charge in [-0.3, -0.25) is 4.79 Å². The van der Waals surface area contributed by atoms with Crippen LogP contribution in [0.1, 0.15) is 96.8 Å². The third-order valence-corrected chi connectivity index (χ3v) is 6.49. The number of nitrogens with two attached hydrogens (primary N) is 2. The van der Waals surface area contributed by atoms with Crippen molar-refractivity contribution in [1.82, 2.24) is 5.32 Å². The van der Waals surface area contributed by atoms with Crippen molar-refractivity contribution in [3.8, 4) is 0 Å². The van der Waals surface area contributed by atoms with Gasteiger partial charge in [-0.15, -0.1) is 12.4 Å². The molecule has 5 aliphatic rings. The summed E-state index contributed by atoms with van der Waals surface area (Å²) in [5, 5.41) is 29.2. The summed E-state index contributed by atoms with van der Waals surface area (Å²) < 4.78 is 0. The maximum atomic E-state index is 10.2. The number of ketones is 1. The number of carbonyl (C=O) groups excluding carboxylic acids is 1. The van der Waals surface area contributed by atoms with Crippen LogP contribution < -0.4 is 16.9 Å². The standard InChI is InChI=1S/C5H9NO.C5H11NS.C5H9N.C5H8O.C2H6O.ClH.H3NO.H2S/c7-6-5-3-1-2-4-5;6-4-2-1-3-5(4)7;1-2-4-5(3-1)6-4;6-5-3-1-2-4-5;1-2-3;;1-2;/h7H,1-4H2;4-5,7H,1-3,6H2;4-6H,1-3H2;1-4H2;3H,2H2,1H3;1H;2H,1H2;1H2. The lowest BCUT2D eigenvalue weighted by Crippen LogP contribution is -2.24. The number of nitrogens with one attached hydrogen (secondary N) is 1. The maximum absolute atomic E-state index is 10.2. The van der Waals surface area contributed by atoms with Crippen molar-refractivity contribution in [2.45, 2.75) is 120 Å². The zero-order chi connectivity index (χ0) is 23.5. The molecule has 5 fully saturated rings. The summed E-state index contributed by atoms with van der Waals surface area (Å²) >= 11 is 4.26. The van der Waals surface area contributed by atoms with Crippen LogP contribution in [0, 0.1) is 0 Å². The van der Waals surface area contributed by atoms with Gasteiger partial charge in [0.1, 0.15) is 5.78 Å². The zero-order valence-corrected chi connectivity index (χ0v) is 22.8. The van der Waals surface area contributed by atoms with Crippen molar-refractivity contribution in [1.29, 1.82) is 0 Å². The quantitative estimate of drug-likeness (QED) is 0.108. The Bertz CT molecular complexity index is 461. The number of thiol groups is 1. The molecule has 1 heterocycles. The Morgan fingerprint density at radius 2 is 1.36 bits per heavy atom.